The average Bonchev–Trinajstić information content (AvgIpc) is 2.61. The van der Waals surface area contributed by atoms with E-state index in [0.717, 1.165) is 22.4 Å². The molecule has 27 heavy (non-hydrogen) atoms. The molecule has 2 aromatic carbocycles. The topological polar surface area (TPSA) is 84.5 Å². The summed E-state index contributed by atoms with van der Waals surface area (Å²) in [6, 6.07) is 10.6. The molecule has 2 aromatic rings. The number of hydrogen-bond acceptors (Lipinski definition) is 4. The number of rotatable bonds is 7. The van der Waals surface area contributed by atoms with Crippen LogP contribution in [0.1, 0.15) is 34.0 Å². The van der Waals surface area contributed by atoms with Gasteiger partial charge in [-0.25, -0.2) is 0 Å². The van der Waals surface area contributed by atoms with Gasteiger partial charge in [0.1, 0.15) is 5.75 Å². The predicted octanol–water partition coefficient (Wildman–Crippen LogP) is 2.95. The Hall–Kier alpha value is -3.15. The summed E-state index contributed by atoms with van der Waals surface area (Å²) in [6.45, 7) is 6.92. The van der Waals surface area contributed by atoms with Crippen LogP contribution in [0, 0.1) is 20.8 Å². The maximum atomic E-state index is 12.1. The normalized spacial score (nSPS) is 10.2. The maximum Gasteiger partial charge on any atom is 0.258 e. The fraction of sp³-hybridized carbons (Fsp3) is 0.286. The first kappa shape index (κ1) is 20.2. The number of Topliss-reactive ketones (excluding diaryl/α,β-unsaturated/α-hetero) is 1. The second-order valence-corrected chi connectivity index (χ2v) is 6.47. The van der Waals surface area contributed by atoms with Gasteiger partial charge >= 0.3 is 0 Å². The number of ether oxygens (including phenoxy) is 1. The Morgan fingerprint density at radius 2 is 1.63 bits per heavy atom. The Morgan fingerprint density at radius 3 is 2.26 bits per heavy atom. The van der Waals surface area contributed by atoms with Crippen LogP contribution in [0.3, 0.4) is 0 Å². The SMILES string of the molecule is CC(=O)c1cccc(OCC(=O)NCC(=O)Nc2c(C)cc(C)cc2C)c1. The molecule has 0 aliphatic heterocycles. The van der Waals surface area contributed by atoms with Crippen molar-refractivity contribution in [3.8, 4) is 5.75 Å². The summed E-state index contributed by atoms with van der Waals surface area (Å²) >= 11 is 0. The number of hydrogen-bond donors (Lipinski definition) is 2. The molecule has 0 heterocycles. The zero-order valence-electron chi connectivity index (χ0n) is 16.0. The van der Waals surface area contributed by atoms with E-state index in [1.807, 2.05) is 32.9 Å². The van der Waals surface area contributed by atoms with E-state index in [1.54, 1.807) is 24.3 Å². The molecule has 0 unspecified atom stereocenters. The first-order valence-corrected chi connectivity index (χ1v) is 8.64. The van der Waals surface area contributed by atoms with Gasteiger partial charge in [0.15, 0.2) is 12.4 Å². The third-order valence-corrected chi connectivity index (χ3v) is 4.00. The lowest BCUT2D eigenvalue weighted by molar-refractivity contribution is -0.125. The second-order valence-electron chi connectivity index (χ2n) is 6.47. The molecule has 0 aromatic heterocycles. The first-order chi connectivity index (χ1) is 12.8. The number of carbonyl (C=O) groups is 3. The van der Waals surface area contributed by atoms with E-state index in [-0.39, 0.29) is 24.8 Å². The molecule has 0 aliphatic rings. The molecule has 2 N–H and O–H groups in total. The van der Waals surface area contributed by atoms with Crippen LogP contribution in [-0.2, 0) is 9.59 Å². The molecule has 2 rings (SSSR count). The maximum absolute atomic E-state index is 12.1. The van der Waals surface area contributed by atoms with Gasteiger partial charge in [-0.05, 0) is 51.0 Å². The molecule has 6 nitrogen and oxygen atoms in total. The fourth-order valence-corrected chi connectivity index (χ4v) is 2.74. The Bertz CT molecular complexity index is 851. The molecule has 0 fully saturated rings. The fourth-order valence-electron chi connectivity index (χ4n) is 2.74. The minimum Gasteiger partial charge on any atom is -0.484 e. The molecule has 0 spiro atoms. The average molecular weight is 368 g/mol. The van der Waals surface area contributed by atoms with Gasteiger partial charge in [0.05, 0.1) is 6.54 Å². The van der Waals surface area contributed by atoms with E-state index in [2.05, 4.69) is 10.6 Å². The van der Waals surface area contributed by atoms with E-state index >= 15 is 0 Å². The lowest BCUT2D eigenvalue weighted by Crippen LogP contribution is -2.36. The van der Waals surface area contributed by atoms with Crippen molar-refractivity contribution in [2.45, 2.75) is 27.7 Å². The molecule has 0 saturated heterocycles. The molecular weight excluding hydrogens is 344 g/mol. The summed E-state index contributed by atoms with van der Waals surface area (Å²) in [5.74, 6) is -0.385. The van der Waals surface area contributed by atoms with Crippen molar-refractivity contribution >= 4 is 23.3 Å². The highest BCUT2D eigenvalue weighted by molar-refractivity contribution is 5.96. The van der Waals surface area contributed by atoms with Crippen molar-refractivity contribution < 1.29 is 19.1 Å². The van der Waals surface area contributed by atoms with Crippen LogP contribution in [0.4, 0.5) is 5.69 Å². The Kier molecular flexibility index (Phi) is 6.71. The molecule has 0 atom stereocenters. The van der Waals surface area contributed by atoms with E-state index in [0.29, 0.717) is 11.3 Å². The molecule has 0 radical (unpaired) electrons. The van der Waals surface area contributed by atoms with Crippen molar-refractivity contribution in [3.05, 3.63) is 58.7 Å². The molecule has 142 valence electrons. The Balaban J connectivity index is 1.82. The highest BCUT2D eigenvalue weighted by atomic mass is 16.5. The Morgan fingerprint density at radius 1 is 0.963 bits per heavy atom. The monoisotopic (exact) mass is 368 g/mol. The van der Waals surface area contributed by atoms with Crippen LogP contribution in [0.25, 0.3) is 0 Å². The smallest absolute Gasteiger partial charge is 0.258 e. The summed E-state index contributed by atoms with van der Waals surface area (Å²) in [6.07, 6.45) is 0. The second kappa shape index (κ2) is 8.98. The first-order valence-electron chi connectivity index (χ1n) is 8.64. The highest BCUT2D eigenvalue weighted by Crippen LogP contribution is 2.21. The quantitative estimate of drug-likeness (QED) is 0.736. The number of amides is 2. The van der Waals surface area contributed by atoms with Gasteiger partial charge in [-0.1, -0.05) is 29.8 Å². The van der Waals surface area contributed by atoms with Crippen LogP contribution < -0.4 is 15.4 Å². The molecule has 6 heteroatoms. The summed E-state index contributed by atoms with van der Waals surface area (Å²) in [5, 5.41) is 5.34. The number of anilines is 1. The van der Waals surface area contributed by atoms with E-state index in [9.17, 15) is 14.4 Å². The standard InChI is InChI=1S/C21H24N2O4/c1-13-8-14(2)21(15(3)9-13)23-19(25)11-22-20(26)12-27-18-7-5-6-17(10-18)16(4)24/h5-10H,11-12H2,1-4H3,(H,22,26)(H,23,25). The van der Waals surface area contributed by atoms with E-state index in [4.69, 9.17) is 4.74 Å². The van der Waals surface area contributed by atoms with Gasteiger partial charge in [-0.2, -0.15) is 0 Å². The van der Waals surface area contributed by atoms with Gasteiger partial charge < -0.3 is 15.4 Å². The lowest BCUT2D eigenvalue weighted by Gasteiger charge is -2.13. The molecule has 0 aliphatic carbocycles. The van der Waals surface area contributed by atoms with Crippen LogP contribution >= 0.6 is 0 Å². The number of aryl methyl sites for hydroxylation is 3. The van der Waals surface area contributed by atoms with Gasteiger partial charge in [0.2, 0.25) is 5.91 Å². The number of benzene rings is 2. The number of carbonyl (C=O) groups excluding carboxylic acids is 3. The zero-order chi connectivity index (χ0) is 20.0. The van der Waals surface area contributed by atoms with Crippen molar-refractivity contribution in [2.75, 3.05) is 18.5 Å². The minimum absolute atomic E-state index is 0.0803. The van der Waals surface area contributed by atoms with Crippen LogP contribution in [0.2, 0.25) is 0 Å². The van der Waals surface area contributed by atoms with E-state index in [1.165, 1.54) is 6.92 Å². The molecule has 2 amide bonds. The number of nitrogens with one attached hydrogen (secondary N) is 2. The summed E-state index contributed by atoms with van der Waals surface area (Å²) < 4.78 is 5.36. The highest BCUT2D eigenvalue weighted by Gasteiger charge is 2.10. The van der Waals surface area contributed by atoms with Gasteiger partial charge in [-0.3, -0.25) is 14.4 Å². The molecule has 0 saturated carbocycles. The van der Waals surface area contributed by atoms with Crippen LogP contribution in [0.15, 0.2) is 36.4 Å². The van der Waals surface area contributed by atoms with Crippen LogP contribution in [0.5, 0.6) is 5.75 Å². The van der Waals surface area contributed by atoms with Crippen molar-refractivity contribution in [1.29, 1.82) is 0 Å². The molecule has 0 bridgehead atoms. The van der Waals surface area contributed by atoms with Gasteiger partial charge in [0.25, 0.3) is 5.91 Å². The largest absolute Gasteiger partial charge is 0.484 e. The molecular formula is C21H24N2O4. The Labute approximate surface area is 158 Å². The summed E-state index contributed by atoms with van der Waals surface area (Å²) in [4.78, 5) is 35.3. The van der Waals surface area contributed by atoms with Gasteiger partial charge in [-0.15, -0.1) is 0 Å². The summed E-state index contributed by atoms with van der Waals surface area (Å²) in [7, 11) is 0. The van der Waals surface area contributed by atoms with Crippen LogP contribution in [-0.4, -0.2) is 30.7 Å². The lowest BCUT2D eigenvalue weighted by atomic mass is 10.1. The van der Waals surface area contributed by atoms with Crippen molar-refractivity contribution in [2.24, 2.45) is 0 Å². The van der Waals surface area contributed by atoms with Crippen molar-refractivity contribution in [1.82, 2.24) is 5.32 Å². The summed E-state index contributed by atoms with van der Waals surface area (Å²) in [5.41, 5.74) is 4.34. The van der Waals surface area contributed by atoms with E-state index < -0.39 is 5.91 Å². The minimum atomic E-state index is -0.421. The number of ketones is 1. The zero-order valence-corrected chi connectivity index (χ0v) is 16.0. The third-order valence-electron chi connectivity index (χ3n) is 4.00. The predicted molar refractivity (Wildman–Crippen MR) is 104 cm³/mol. The van der Waals surface area contributed by atoms with Crippen molar-refractivity contribution in [3.63, 3.8) is 0 Å². The van der Waals surface area contributed by atoms with Gasteiger partial charge in [0, 0.05) is 11.3 Å². The third kappa shape index (κ3) is 5.95.